The number of benzene rings is 1. The SMILES string of the molecule is CCCCCC(C)NC(=O)c1oc2ccccc2c1COC. The Bertz CT molecular complexity index is 618. The van der Waals surface area contributed by atoms with Crippen LogP contribution >= 0.6 is 0 Å². The minimum absolute atomic E-state index is 0.141. The van der Waals surface area contributed by atoms with Crippen LogP contribution in [0.25, 0.3) is 11.0 Å². The molecule has 0 aliphatic heterocycles. The zero-order valence-electron chi connectivity index (χ0n) is 13.6. The van der Waals surface area contributed by atoms with Crippen LogP contribution in [-0.4, -0.2) is 19.1 Å². The lowest BCUT2D eigenvalue weighted by Crippen LogP contribution is -2.32. The molecule has 1 atom stereocenters. The summed E-state index contributed by atoms with van der Waals surface area (Å²) in [7, 11) is 1.62. The lowest BCUT2D eigenvalue weighted by atomic mass is 10.1. The van der Waals surface area contributed by atoms with E-state index in [1.807, 2.05) is 31.2 Å². The molecule has 2 rings (SSSR count). The van der Waals surface area contributed by atoms with Crippen molar-refractivity contribution in [1.29, 1.82) is 0 Å². The van der Waals surface area contributed by atoms with Gasteiger partial charge in [-0.25, -0.2) is 0 Å². The maximum atomic E-state index is 12.5. The molecule has 22 heavy (non-hydrogen) atoms. The first-order valence-electron chi connectivity index (χ1n) is 7.97. The largest absolute Gasteiger partial charge is 0.451 e. The van der Waals surface area contributed by atoms with Crippen LogP contribution in [0.1, 0.15) is 55.6 Å². The number of hydrogen-bond acceptors (Lipinski definition) is 3. The summed E-state index contributed by atoms with van der Waals surface area (Å²) in [5.41, 5.74) is 1.54. The number of hydrogen-bond donors (Lipinski definition) is 1. The van der Waals surface area contributed by atoms with Gasteiger partial charge >= 0.3 is 0 Å². The Morgan fingerprint density at radius 3 is 2.82 bits per heavy atom. The quantitative estimate of drug-likeness (QED) is 0.741. The number of furan rings is 1. The highest BCUT2D eigenvalue weighted by Gasteiger charge is 2.21. The normalized spacial score (nSPS) is 12.5. The number of carbonyl (C=O) groups excluding carboxylic acids is 1. The van der Waals surface area contributed by atoms with Gasteiger partial charge in [-0.05, 0) is 19.4 Å². The van der Waals surface area contributed by atoms with Gasteiger partial charge in [0.05, 0.1) is 6.61 Å². The van der Waals surface area contributed by atoms with E-state index in [-0.39, 0.29) is 11.9 Å². The van der Waals surface area contributed by atoms with Crippen molar-refractivity contribution >= 4 is 16.9 Å². The van der Waals surface area contributed by atoms with Crippen molar-refractivity contribution in [3.8, 4) is 0 Å². The molecule has 0 aliphatic carbocycles. The van der Waals surface area contributed by atoms with E-state index in [2.05, 4.69) is 12.2 Å². The van der Waals surface area contributed by atoms with Crippen molar-refractivity contribution < 1.29 is 13.9 Å². The van der Waals surface area contributed by atoms with Gasteiger partial charge in [0.2, 0.25) is 0 Å². The molecule has 0 bridgehead atoms. The summed E-state index contributed by atoms with van der Waals surface area (Å²) >= 11 is 0. The van der Waals surface area contributed by atoms with E-state index in [0.29, 0.717) is 12.4 Å². The summed E-state index contributed by atoms with van der Waals surface area (Å²) < 4.78 is 11.0. The zero-order chi connectivity index (χ0) is 15.9. The molecule has 2 aromatic rings. The number of ether oxygens (including phenoxy) is 1. The van der Waals surface area contributed by atoms with Crippen LogP contribution in [0.4, 0.5) is 0 Å². The fraction of sp³-hybridized carbons (Fsp3) is 0.500. The first kappa shape index (κ1) is 16.6. The van der Waals surface area contributed by atoms with Crippen LogP contribution in [0, 0.1) is 0 Å². The standard InChI is InChI=1S/C18H25NO3/c1-4-5-6-9-13(2)19-18(20)17-15(12-21-3)14-10-7-8-11-16(14)22-17/h7-8,10-11,13H,4-6,9,12H2,1-3H3,(H,19,20). The second kappa shape index (κ2) is 7.99. The van der Waals surface area contributed by atoms with Crippen molar-refractivity contribution in [2.24, 2.45) is 0 Å². The number of rotatable bonds is 8. The van der Waals surface area contributed by atoms with Crippen LogP contribution in [-0.2, 0) is 11.3 Å². The molecule has 120 valence electrons. The molecular weight excluding hydrogens is 278 g/mol. The highest BCUT2D eigenvalue weighted by atomic mass is 16.5. The third-order valence-corrected chi connectivity index (χ3v) is 3.81. The Balaban J connectivity index is 2.14. The summed E-state index contributed by atoms with van der Waals surface area (Å²) in [4.78, 5) is 12.5. The third-order valence-electron chi connectivity index (χ3n) is 3.81. The zero-order valence-corrected chi connectivity index (χ0v) is 13.6. The average molecular weight is 303 g/mol. The molecule has 1 heterocycles. The van der Waals surface area contributed by atoms with Gasteiger partial charge in [-0.2, -0.15) is 0 Å². The van der Waals surface area contributed by atoms with Gasteiger partial charge in [0.25, 0.3) is 5.91 Å². The maximum absolute atomic E-state index is 12.5. The van der Waals surface area contributed by atoms with Gasteiger partial charge < -0.3 is 14.5 Å². The maximum Gasteiger partial charge on any atom is 0.287 e. The first-order chi connectivity index (χ1) is 10.7. The van der Waals surface area contributed by atoms with Crippen molar-refractivity contribution in [3.05, 3.63) is 35.6 Å². The molecule has 0 spiro atoms. The number of unbranched alkanes of at least 4 members (excludes halogenated alkanes) is 2. The Hall–Kier alpha value is -1.81. The van der Waals surface area contributed by atoms with E-state index in [4.69, 9.17) is 9.15 Å². The molecule has 1 aromatic heterocycles. The van der Waals surface area contributed by atoms with Crippen LogP contribution in [0.5, 0.6) is 0 Å². The number of nitrogens with one attached hydrogen (secondary N) is 1. The molecule has 0 fully saturated rings. The van der Waals surface area contributed by atoms with Gasteiger partial charge in [0.1, 0.15) is 5.58 Å². The lowest BCUT2D eigenvalue weighted by Gasteiger charge is -2.13. The molecular formula is C18H25NO3. The molecule has 4 nitrogen and oxygen atoms in total. The first-order valence-corrected chi connectivity index (χ1v) is 7.97. The highest BCUT2D eigenvalue weighted by Crippen LogP contribution is 2.26. The molecule has 1 aromatic carbocycles. The van der Waals surface area contributed by atoms with Gasteiger partial charge in [0.15, 0.2) is 5.76 Å². The van der Waals surface area contributed by atoms with Crippen molar-refractivity contribution in [3.63, 3.8) is 0 Å². The minimum atomic E-state index is -0.160. The average Bonchev–Trinajstić information content (AvgIpc) is 2.87. The van der Waals surface area contributed by atoms with Crippen molar-refractivity contribution in [2.45, 2.75) is 52.2 Å². The molecule has 4 heteroatoms. The molecule has 0 saturated heterocycles. The predicted molar refractivity (Wildman–Crippen MR) is 88.0 cm³/mol. The minimum Gasteiger partial charge on any atom is -0.451 e. The predicted octanol–water partition coefficient (Wildman–Crippen LogP) is 4.28. The fourth-order valence-electron chi connectivity index (χ4n) is 2.63. The Morgan fingerprint density at radius 2 is 2.09 bits per heavy atom. The van der Waals surface area contributed by atoms with Gasteiger partial charge in [-0.1, -0.05) is 44.4 Å². The Kier molecular flexibility index (Phi) is 6.01. The Labute approximate surface area is 131 Å². The number of carbonyl (C=O) groups is 1. The van der Waals surface area contributed by atoms with E-state index in [0.717, 1.165) is 29.4 Å². The van der Waals surface area contributed by atoms with E-state index >= 15 is 0 Å². The summed E-state index contributed by atoms with van der Waals surface area (Å²) in [5, 5.41) is 3.96. The van der Waals surface area contributed by atoms with Crippen molar-refractivity contribution in [2.75, 3.05) is 7.11 Å². The van der Waals surface area contributed by atoms with E-state index in [1.165, 1.54) is 12.8 Å². The third kappa shape index (κ3) is 3.89. The monoisotopic (exact) mass is 303 g/mol. The second-order valence-electron chi connectivity index (χ2n) is 5.71. The van der Waals surface area contributed by atoms with Gasteiger partial charge in [0, 0.05) is 24.1 Å². The van der Waals surface area contributed by atoms with E-state index in [9.17, 15) is 4.79 Å². The number of methoxy groups -OCH3 is 1. The van der Waals surface area contributed by atoms with Crippen LogP contribution < -0.4 is 5.32 Å². The topological polar surface area (TPSA) is 51.5 Å². The fourth-order valence-corrected chi connectivity index (χ4v) is 2.63. The molecule has 0 aliphatic rings. The smallest absolute Gasteiger partial charge is 0.287 e. The molecule has 0 radical (unpaired) electrons. The number of amides is 1. The van der Waals surface area contributed by atoms with Crippen molar-refractivity contribution in [1.82, 2.24) is 5.32 Å². The van der Waals surface area contributed by atoms with Gasteiger partial charge in [-0.15, -0.1) is 0 Å². The molecule has 1 unspecified atom stereocenters. The van der Waals surface area contributed by atoms with E-state index < -0.39 is 0 Å². The lowest BCUT2D eigenvalue weighted by molar-refractivity contribution is 0.0905. The summed E-state index contributed by atoms with van der Waals surface area (Å²) in [6.45, 7) is 4.57. The summed E-state index contributed by atoms with van der Waals surface area (Å²) in [6.07, 6.45) is 4.49. The molecule has 0 saturated carbocycles. The second-order valence-corrected chi connectivity index (χ2v) is 5.71. The van der Waals surface area contributed by atoms with Crippen LogP contribution in [0.3, 0.4) is 0 Å². The molecule has 1 amide bonds. The number of fused-ring (bicyclic) bond motifs is 1. The van der Waals surface area contributed by atoms with E-state index in [1.54, 1.807) is 7.11 Å². The number of para-hydroxylation sites is 1. The van der Waals surface area contributed by atoms with Crippen LogP contribution in [0.15, 0.2) is 28.7 Å². The highest BCUT2D eigenvalue weighted by molar-refractivity contribution is 5.99. The Morgan fingerprint density at radius 1 is 1.32 bits per heavy atom. The van der Waals surface area contributed by atoms with Gasteiger partial charge in [-0.3, -0.25) is 4.79 Å². The summed E-state index contributed by atoms with van der Waals surface area (Å²) in [6, 6.07) is 7.80. The molecule has 1 N–H and O–H groups in total. The summed E-state index contributed by atoms with van der Waals surface area (Å²) in [5.74, 6) is 0.206. The van der Waals surface area contributed by atoms with Crippen LogP contribution in [0.2, 0.25) is 0 Å².